The second-order valence-electron chi connectivity index (χ2n) is 7.64. The highest BCUT2D eigenvalue weighted by molar-refractivity contribution is 5.60. The van der Waals surface area contributed by atoms with Gasteiger partial charge < -0.3 is 9.47 Å². The van der Waals surface area contributed by atoms with Crippen LogP contribution in [0.25, 0.3) is 0 Å². The lowest BCUT2D eigenvalue weighted by Gasteiger charge is -2.25. The summed E-state index contributed by atoms with van der Waals surface area (Å²) in [4.78, 5) is 11.6. The van der Waals surface area contributed by atoms with Crippen molar-refractivity contribution in [3.8, 4) is 0 Å². The van der Waals surface area contributed by atoms with Crippen molar-refractivity contribution in [1.82, 2.24) is 0 Å². The SMILES string of the molecule is CC(CC(C)(C)C)OC(=O)OC(C)CC(C)(C)C. The Morgan fingerprint density at radius 1 is 0.833 bits per heavy atom. The Bertz CT molecular complexity index is 232. The van der Waals surface area contributed by atoms with Crippen molar-refractivity contribution < 1.29 is 14.3 Å². The molecule has 0 spiro atoms. The van der Waals surface area contributed by atoms with E-state index in [0.29, 0.717) is 0 Å². The minimum Gasteiger partial charge on any atom is -0.431 e. The van der Waals surface area contributed by atoms with Gasteiger partial charge in [0.2, 0.25) is 0 Å². The van der Waals surface area contributed by atoms with Crippen LogP contribution in [0.5, 0.6) is 0 Å². The maximum atomic E-state index is 11.6. The summed E-state index contributed by atoms with van der Waals surface area (Å²) >= 11 is 0. The summed E-state index contributed by atoms with van der Waals surface area (Å²) in [6.07, 6.45) is 0.882. The van der Waals surface area contributed by atoms with Gasteiger partial charge in [-0.3, -0.25) is 0 Å². The first-order valence-electron chi connectivity index (χ1n) is 6.76. The van der Waals surface area contributed by atoms with Gasteiger partial charge in [-0.15, -0.1) is 0 Å². The standard InChI is InChI=1S/C15H30O3/c1-11(9-14(3,4)5)17-13(16)18-12(2)10-15(6,7)8/h11-12H,9-10H2,1-8H3. The van der Waals surface area contributed by atoms with Crippen molar-refractivity contribution in [2.45, 2.75) is 80.4 Å². The molecule has 0 aliphatic heterocycles. The average molecular weight is 258 g/mol. The molecule has 0 N–H and O–H groups in total. The Morgan fingerprint density at radius 3 is 1.33 bits per heavy atom. The highest BCUT2D eigenvalue weighted by Crippen LogP contribution is 2.24. The van der Waals surface area contributed by atoms with Crippen LogP contribution < -0.4 is 0 Å². The average Bonchev–Trinajstić information content (AvgIpc) is 1.92. The summed E-state index contributed by atoms with van der Waals surface area (Å²) in [5.41, 5.74) is 0.299. The van der Waals surface area contributed by atoms with Crippen LogP contribution in [-0.4, -0.2) is 18.4 Å². The van der Waals surface area contributed by atoms with Crippen molar-refractivity contribution in [2.24, 2.45) is 10.8 Å². The van der Waals surface area contributed by atoms with E-state index in [0.717, 1.165) is 12.8 Å². The van der Waals surface area contributed by atoms with E-state index in [-0.39, 0.29) is 23.0 Å². The molecule has 0 radical (unpaired) electrons. The maximum Gasteiger partial charge on any atom is 0.508 e. The largest absolute Gasteiger partial charge is 0.508 e. The first kappa shape index (κ1) is 17.3. The molecule has 3 nitrogen and oxygen atoms in total. The highest BCUT2D eigenvalue weighted by Gasteiger charge is 2.22. The molecule has 18 heavy (non-hydrogen) atoms. The van der Waals surface area contributed by atoms with E-state index in [1.54, 1.807) is 0 Å². The van der Waals surface area contributed by atoms with Crippen LogP contribution in [0.3, 0.4) is 0 Å². The van der Waals surface area contributed by atoms with E-state index in [1.165, 1.54) is 0 Å². The maximum absolute atomic E-state index is 11.6. The van der Waals surface area contributed by atoms with Crippen molar-refractivity contribution >= 4 is 6.16 Å². The van der Waals surface area contributed by atoms with Crippen molar-refractivity contribution in [2.75, 3.05) is 0 Å². The van der Waals surface area contributed by atoms with E-state index < -0.39 is 6.16 Å². The first-order valence-corrected chi connectivity index (χ1v) is 6.76. The van der Waals surface area contributed by atoms with Gasteiger partial charge in [-0.05, 0) is 37.5 Å². The van der Waals surface area contributed by atoms with Crippen LogP contribution in [0.15, 0.2) is 0 Å². The molecule has 0 rings (SSSR count). The molecule has 0 heterocycles. The molecular weight excluding hydrogens is 228 g/mol. The molecule has 2 unspecified atom stereocenters. The summed E-state index contributed by atoms with van der Waals surface area (Å²) < 4.78 is 10.5. The third-order valence-electron chi connectivity index (χ3n) is 2.39. The third-order valence-corrected chi connectivity index (χ3v) is 2.39. The predicted octanol–water partition coefficient (Wildman–Crippen LogP) is 4.79. The van der Waals surface area contributed by atoms with Crippen LogP contribution in [0.4, 0.5) is 4.79 Å². The van der Waals surface area contributed by atoms with Crippen LogP contribution in [-0.2, 0) is 9.47 Å². The van der Waals surface area contributed by atoms with Gasteiger partial charge in [-0.25, -0.2) is 4.79 Å². The monoisotopic (exact) mass is 258 g/mol. The van der Waals surface area contributed by atoms with Gasteiger partial charge in [0, 0.05) is 0 Å². The number of carbonyl (C=O) groups is 1. The lowest BCUT2D eigenvalue weighted by atomic mass is 9.90. The molecule has 0 saturated heterocycles. The zero-order valence-corrected chi connectivity index (χ0v) is 13.3. The normalized spacial score (nSPS) is 16.0. The third kappa shape index (κ3) is 10.4. The van der Waals surface area contributed by atoms with E-state index in [4.69, 9.17) is 9.47 Å². The Kier molecular flexibility index (Phi) is 6.18. The molecule has 0 aromatic carbocycles. The fraction of sp³-hybridized carbons (Fsp3) is 0.933. The molecule has 0 bridgehead atoms. The summed E-state index contributed by atoms with van der Waals surface area (Å²) in [6, 6.07) is 0. The fourth-order valence-electron chi connectivity index (χ4n) is 2.16. The zero-order chi connectivity index (χ0) is 14.6. The minimum absolute atomic E-state index is 0.112. The number of rotatable bonds is 4. The molecule has 0 aliphatic carbocycles. The predicted molar refractivity (Wildman–Crippen MR) is 74.6 cm³/mol. The Balaban J connectivity index is 4.04. The topological polar surface area (TPSA) is 35.5 Å². The summed E-state index contributed by atoms with van der Waals surface area (Å²) in [6.45, 7) is 16.6. The fourth-order valence-corrected chi connectivity index (χ4v) is 2.16. The lowest BCUT2D eigenvalue weighted by molar-refractivity contribution is -0.0101. The van der Waals surface area contributed by atoms with E-state index in [9.17, 15) is 4.79 Å². The van der Waals surface area contributed by atoms with E-state index in [2.05, 4.69) is 41.5 Å². The molecule has 108 valence electrons. The van der Waals surface area contributed by atoms with Gasteiger partial charge in [0.05, 0.1) is 0 Å². The number of ether oxygens (including phenoxy) is 2. The van der Waals surface area contributed by atoms with Crippen molar-refractivity contribution in [3.05, 3.63) is 0 Å². The van der Waals surface area contributed by atoms with Crippen molar-refractivity contribution in [1.29, 1.82) is 0 Å². The Labute approximate surface area is 112 Å². The van der Waals surface area contributed by atoms with E-state index in [1.807, 2.05) is 13.8 Å². The van der Waals surface area contributed by atoms with Gasteiger partial charge in [-0.1, -0.05) is 41.5 Å². The number of hydrogen-bond donors (Lipinski definition) is 0. The Hall–Kier alpha value is -0.730. The van der Waals surface area contributed by atoms with Crippen LogP contribution >= 0.6 is 0 Å². The molecule has 0 aromatic heterocycles. The Morgan fingerprint density at radius 2 is 1.11 bits per heavy atom. The number of carbonyl (C=O) groups excluding carboxylic acids is 1. The zero-order valence-electron chi connectivity index (χ0n) is 13.3. The van der Waals surface area contributed by atoms with Gasteiger partial charge in [0.25, 0.3) is 0 Å². The van der Waals surface area contributed by atoms with Gasteiger partial charge in [0.1, 0.15) is 12.2 Å². The van der Waals surface area contributed by atoms with E-state index >= 15 is 0 Å². The van der Waals surface area contributed by atoms with Crippen LogP contribution in [0.1, 0.15) is 68.2 Å². The molecule has 2 atom stereocenters. The van der Waals surface area contributed by atoms with Gasteiger partial charge in [0.15, 0.2) is 0 Å². The highest BCUT2D eigenvalue weighted by atomic mass is 16.7. The molecule has 3 heteroatoms. The smallest absolute Gasteiger partial charge is 0.431 e. The van der Waals surface area contributed by atoms with Crippen LogP contribution in [0, 0.1) is 10.8 Å². The van der Waals surface area contributed by atoms with Crippen LogP contribution in [0.2, 0.25) is 0 Å². The summed E-state index contributed by atoms with van der Waals surface area (Å²) in [5.74, 6) is 0. The van der Waals surface area contributed by atoms with Gasteiger partial charge in [-0.2, -0.15) is 0 Å². The van der Waals surface area contributed by atoms with Crippen molar-refractivity contribution in [3.63, 3.8) is 0 Å². The quantitative estimate of drug-likeness (QED) is 0.680. The molecule has 0 fully saturated rings. The summed E-state index contributed by atoms with van der Waals surface area (Å²) in [5, 5.41) is 0. The lowest BCUT2D eigenvalue weighted by Crippen LogP contribution is -2.26. The second kappa shape index (κ2) is 6.44. The first-order chi connectivity index (χ1) is 7.89. The summed E-state index contributed by atoms with van der Waals surface area (Å²) in [7, 11) is 0. The van der Waals surface area contributed by atoms with Gasteiger partial charge >= 0.3 is 6.16 Å². The number of hydrogen-bond acceptors (Lipinski definition) is 3. The minimum atomic E-state index is -0.552. The molecular formula is C15H30O3. The molecule has 0 amide bonds. The molecule has 0 saturated carbocycles. The molecule has 0 aliphatic rings. The molecule has 0 aromatic rings. The second-order valence-corrected chi connectivity index (χ2v) is 7.64.